The molecule has 0 saturated heterocycles. The van der Waals surface area contributed by atoms with Crippen LogP contribution in [0.1, 0.15) is 0 Å². The van der Waals surface area contributed by atoms with Crippen LogP contribution in [0.25, 0.3) is 0 Å². The van der Waals surface area contributed by atoms with Crippen LogP contribution in [0, 0.1) is 0 Å². The predicted molar refractivity (Wildman–Crippen MR) is 74.3 cm³/mol. The summed E-state index contributed by atoms with van der Waals surface area (Å²) in [4.78, 5) is 9.85. The van der Waals surface area contributed by atoms with Crippen molar-refractivity contribution in [3.63, 3.8) is 0 Å². The van der Waals surface area contributed by atoms with Crippen molar-refractivity contribution in [1.29, 1.82) is 0 Å². The molecular formula is C15H19NO2. The van der Waals surface area contributed by atoms with E-state index >= 15 is 0 Å². The summed E-state index contributed by atoms with van der Waals surface area (Å²) in [6.45, 7) is 0. The zero-order valence-corrected chi connectivity index (χ0v) is 10.7. The van der Waals surface area contributed by atoms with Gasteiger partial charge < -0.3 is 10.1 Å². The zero-order chi connectivity index (χ0) is 13.5. The molecule has 0 unspecified atom stereocenters. The molecule has 3 nitrogen and oxygen atoms in total. The number of nitrogens with one attached hydrogen (secondary N) is 1. The second-order valence-corrected chi connectivity index (χ2v) is 3.05. The van der Waals surface area contributed by atoms with Crippen molar-refractivity contribution in [2.45, 2.75) is 0 Å². The molecule has 0 aromatic heterocycles. The van der Waals surface area contributed by atoms with Gasteiger partial charge in [0.05, 0.1) is 7.11 Å². The fourth-order valence-corrected chi connectivity index (χ4v) is 0.872. The molecule has 0 saturated carbocycles. The molecule has 0 aliphatic carbocycles. The Hall–Kier alpha value is -2.29. The average Bonchev–Trinajstić information content (AvgIpc) is 2.51. The van der Waals surface area contributed by atoms with Crippen LogP contribution in [0.4, 0.5) is 4.79 Å². The highest BCUT2D eigenvalue weighted by Gasteiger charge is 1.85. The van der Waals surface area contributed by atoms with Crippen LogP contribution in [0.5, 0.6) is 0 Å². The SMILES string of the molecule is CNC(=O)OC.c1ccccc1.c1ccccc1. The van der Waals surface area contributed by atoms with E-state index in [2.05, 4.69) is 10.1 Å². The van der Waals surface area contributed by atoms with Crippen molar-refractivity contribution in [3.05, 3.63) is 72.8 Å². The standard InChI is InChI=1S/2C6H6.C3H7NO2/c2*1-2-4-6-5-3-1;1-4-3(5)6-2/h2*1-6H;1-2H3,(H,4,5). The molecule has 2 aromatic rings. The minimum absolute atomic E-state index is 0.407. The first-order valence-corrected chi connectivity index (χ1v) is 5.57. The number of methoxy groups -OCH3 is 1. The van der Waals surface area contributed by atoms with E-state index in [-0.39, 0.29) is 0 Å². The van der Waals surface area contributed by atoms with E-state index in [1.807, 2.05) is 72.8 Å². The van der Waals surface area contributed by atoms with Gasteiger partial charge in [0.25, 0.3) is 0 Å². The molecule has 0 fully saturated rings. The van der Waals surface area contributed by atoms with Gasteiger partial charge in [0, 0.05) is 7.05 Å². The molecule has 1 amide bonds. The Balaban J connectivity index is 0.000000241. The predicted octanol–water partition coefficient (Wildman–Crippen LogP) is 3.35. The Bertz CT molecular complexity index is 285. The molecule has 0 radical (unpaired) electrons. The van der Waals surface area contributed by atoms with E-state index in [9.17, 15) is 4.79 Å². The lowest BCUT2D eigenvalue weighted by Gasteiger charge is -1.90. The van der Waals surface area contributed by atoms with Crippen LogP contribution < -0.4 is 5.32 Å². The summed E-state index contributed by atoms with van der Waals surface area (Å²) in [5, 5.41) is 2.25. The molecule has 0 bridgehead atoms. The average molecular weight is 245 g/mol. The van der Waals surface area contributed by atoms with Gasteiger partial charge in [-0.15, -0.1) is 0 Å². The fourth-order valence-electron chi connectivity index (χ4n) is 0.872. The van der Waals surface area contributed by atoms with Gasteiger partial charge in [-0.1, -0.05) is 72.8 Å². The van der Waals surface area contributed by atoms with Crippen molar-refractivity contribution in [2.75, 3.05) is 14.2 Å². The summed E-state index contributed by atoms with van der Waals surface area (Å²) >= 11 is 0. The lowest BCUT2D eigenvalue weighted by atomic mass is 10.4. The Kier molecular flexibility index (Phi) is 11.2. The van der Waals surface area contributed by atoms with Gasteiger partial charge in [-0.25, -0.2) is 4.79 Å². The van der Waals surface area contributed by atoms with Gasteiger partial charge in [-0.05, 0) is 0 Å². The van der Waals surface area contributed by atoms with Crippen LogP contribution >= 0.6 is 0 Å². The van der Waals surface area contributed by atoms with Crippen molar-refractivity contribution < 1.29 is 9.53 Å². The molecule has 2 aromatic carbocycles. The van der Waals surface area contributed by atoms with Gasteiger partial charge in [0.2, 0.25) is 0 Å². The Morgan fingerprint density at radius 3 is 1.00 bits per heavy atom. The third kappa shape index (κ3) is 11.8. The van der Waals surface area contributed by atoms with Crippen LogP contribution in [-0.2, 0) is 4.74 Å². The molecule has 96 valence electrons. The van der Waals surface area contributed by atoms with Gasteiger partial charge in [-0.3, -0.25) is 0 Å². The summed E-state index contributed by atoms with van der Waals surface area (Å²) in [7, 11) is 2.82. The Morgan fingerprint density at radius 1 is 0.722 bits per heavy atom. The number of ether oxygens (including phenoxy) is 1. The number of alkyl carbamates (subject to hydrolysis) is 1. The zero-order valence-electron chi connectivity index (χ0n) is 10.7. The Morgan fingerprint density at radius 2 is 0.944 bits per heavy atom. The first-order chi connectivity index (χ1) is 8.81. The minimum atomic E-state index is -0.407. The number of hydrogen-bond acceptors (Lipinski definition) is 2. The third-order valence-corrected chi connectivity index (χ3v) is 1.72. The van der Waals surface area contributed by atoms with Crippen LogP contribution in [0.3, 0.4) is 0 Å². The van der Waals surface area contributed by atoms with E-state index in [1.165, 1.54) is 14.2 Å². The minimum Gasteiger partial charge on any atom is -0.453 e. The number of amides is 1. The summed E-state index contributed by atoms with van der Waals surface area (Å²) in [6, 6.07) is 24.0. The fraction of sp³-hybridized carbons (Fsp3) is 0.133. The van der Waals surface area contributed by atoms with Gasteiger partial charge >= 0.3 is 6.09 Å². The van der Waals surface area contributed by atoms with Crippen LogP contribution in [0.15, 0.2) is 72.8 Å². The summed E-state index contributed by atoms with van der Waals surface area (Å²) in [5.74, 6) is 0. The summed E-state index contributed by atoms with van der Waals surface area (Å²) < 4.78 is 4.15. The number of rotatable bonds is 0. The van der Waals surface area contributed by atoms with Crippen LogP contribution in [0.2, 0.25) is 0 Å². The smallest absolute Gasteiger partial charge is 0.406 e. The van der Waals surface area contributed by atoms with Gasteiger partial charge in [0.1, 0.15) is 0 Å². The van der Waals surface area contributed by atoms with Gasteiger partial charge in [0.15, 0.2) is 0 Å². The molecule has 18 heavy (non-hydrogen) atoms. The first-order valence-electron chi connectivity index (χ1n) is 5.57. The normalized spacial score (nSPS) is 7.67. The molecule has 0 heterocycles. The maximum absolute atomic E-state index is 9.85. The molecule has 0 aliphatic rings. The van der Waals surface area contributed by atoms with E-state index in [4.69, 9.17) is 0 Å². The molecular weight excluding hydrogens is 226 g/mol. The third-order valence-electron chi connectivity index (χ3n) is 1.72. The lowest BCUT2D eigenvalue weighted by Crippen LogP contribution is -2.16. The van der Waals surface area contributed by atoms with E-state index in [1.54, 1.807) is 0 Å². The number of carbonyl (C=O) groups excluding carboxylic acids is 1. The first kappa shape index (κ1) is 15.7. The molecule has 3 heteroatoms. The van der Waals surface area contributed by atoms with Crippen molar-refractivity contribution in [1.82, 2.24) is 5.32 Å². The van der Waals surface area contributed by atoms with Crippen LogP contribution in [-0.4, -0.2) is 20.3 Å². The van der Waals surface area contributed by atoms with E-state index < -0.39 is 6.09 Å². The number of carbonyl (C=O) groups is 1. The molecule has 1 N–H and O–H groups in total. The largest absolute Gasteiger partial charge is 0.453 e. The second-order valence-electron chi connectivity index (χ2n) is 3.05. The maximum Gasteiger partial charge on any atom is 0.406 e. The van der Waals surface area contributed by atoms with E-state index in [0.717, 1.165) is 0 Å². The molecule has 0 atom stereocenters. The second kappa shape index (κ2) is 12.8. The molecule has 2 rings (SSSR count). The van der Waals surface area contributed by atoms with Crippen molar-refractivity contribution in [2.24, 2.45) is 0 Å². The molecule has 0 aliphatic heterocycles. The number of benzene rings is 2. The van der Waals surface area contributed by atoms with E-state index in [0.29, 0.717) is 0 Å². The maximum atomic E-state index is 9.85. The number of hydrogen-bond donors (Lipinski definition) is 1. The van der Waals surface area contributed by atoms with Crippen molar-refractivity contribution in [3.8, 4) is 0 Å². The Labute approximate surface area is 108 Å². The summed E-state index contributed by atoms with van der Waals surface area (Å²) in [5.41, 5.74) is 0. The highest BCUT2D eigenvalue weighted by Crippen LogP contribution is 1.80. The lowest BCUT2D eigenvalue weighted by molar-refractivity contribution is 0.173. The molecule has 0 spiro atoms. The highest BCUT2D eigenvalue weighted by atomic mass is 16.5. The highest BCUT2D eigenvalue weighted by molar-refractivity contribution is 5.66. The quantitative estimate of drug-likeness (QED) is 0.773. The van der Waals surface area contributed by atoms with Crippen molar-refractivity contribution >= 4 is 6.09 Å². The summed E-state index contributed by atoms with van der Waals surface area (Å²) in [6.07, 6.45) is -0.407. The monoisotopic (exact) mass is 245 g/mol. The van der Waals surface area contributed by atoms with Gasteiger partial charge in [-0.2, -0.15) is 0 Å². The topological polar surface area (TPSA) is 38.3 Å².